The van der Waals surface area contributed by atoms with Gasteiger partial charge < -0.3 is 61.8 Å². The van der Waals surface area contributed by atoms with E-state index in [1.54, 1.807) is 102 Å². The summed E-state index contributed by atoms with van der Waals surface area (Å²) >= 11 is 0. The minimum absolute atomic E-state index is 0.0671. The summed E-state index contributed by atoms with van der Waals surface area (Å²) in [6, 6.07) is 27.7. The molecule has 6 aromatic rings. The molecule has 0 radical (unpaired) electrons. The van der Waals surface area contributed by atoms with Gasteiger partial charge in [-0.2, -0.15) is 26.3 Å². The summed E-state index contributed by atoms with van der Waals surface area (Å²) in [7, 11) is 0. The average molecular weight is 1710 g/mol. The van der Waals surface area contributed by atoms with Gasteiger partial charge >= 0.3 is 30.4 Å². The third-order valence-electron chi connectivity index (χ3n) is 23.0. The number of piperidine rings is 2. The number of aliphatic hydroxyl groups is 1. The number of aliphatic hydroxyl groups excluding tert-OH is 1. The molecular formula is C93H118F8N8O13. The van der Waals surface area contributed by atoms with Crippen LogP contribution in [0.2, 0.25) is 0 Å². The number of rotatable bonds is 28. The highest BCUT2D eigenvalue weighted by atomic mass is 19.4. The average Bonchev–Trinajstić information content (AvgIpc) is 1.15. The fraction of sp³-hybridized carbons (Fsp3) is 0.516. The molecule has 0 bridgehead atoms. The van der Waals surface area contributed by atoms with Gasteiger partial charge in [0.15, 0.2) is 11.6 Å². The van der Waals surface area contributed by atoms with E-state index in [9.17, 15) is 84.1 Å². The Bertz CT molecular complexity index is 4570. The highest BCUT2D eigenvalue weighted by molar-refractivity contribution is 6.00. The molecule has 6 aromatic carbocycles. The van der Waals surface area contributed by atoms with Gasteiger partial charge in [-0.3, -0.25) is 38.4 Å². The molecule has 2 aliphatic carbocycles. The maximum Gasteiger partial charge on any atom is 0.416 e. The van der Waals surface area contributed by atoms with Crippen LogP contribution < -0.4 is 32.3 Å². The molecule has 5 amide bonds. The van der Waals surface area contributed by atoms with Crippen LogP contribution in [0.1, 0.15) is 243 Å². The van der Waals surface area contributed by atoms with Crippen molar-refractivity contribution in [1.29, 1.82) is 0 Å². The molecule has 9 N–H and O–H groups in total. The number of nitrogens with two attached hydrogens (primary N) is 1. The van der Waals surface area contributed by atoms with Gasteiger partial charge in [0.2, 0.25) is 11.8 Å². The van der Waals surface area contributed by atoms with E-state index in [4.69, 9.17) is 15.2 Å². The Morgan fingerprint density at radius 1 is 0.508 bits per heavy atom. The van der Waals surface area contributed by atoms with Crippen molar-refractivity contribution in [2.75, 3.05) is 34.4 Å². The molecule has 21 nitrogen and oxygen atoms in total. The molecule has 2 heterocycles. The van der Waals surface area contributed by atoms with Crippen molar-refractivity contribution >= 4 is 76.0 Å². The van der Waals surface area contributed by atoms with Crippen molar-refractivity contribution < 1.29 is 98.0 Å². The number of alkyl halides is 6. The summed E-state index contributed by atoms with van der Waals surface area (Å²) in [6.07, 6.45) is -0.0588. The molecule has 2 aliphatic heterocycles. The smallest absolute Gasteiger partial charge is 0.416 e. The topological polar surface area (TPSA) is 305 Å². The number of Topliss-reactive ketones (excluding diaryl/α,β-unsaturated/α-hetero) is 2. The lowest BCUT2D eigenvalue weighted by molar-refractivity contribution is -0.154. The van der Waals surface area contributed by atoms with Crippen molar-refractivity contribution in [1.82, 2.24) is 15.1 Å². The number of benzene rings is 6. The number of carbonyl (C=O) groups excluding carboxylic acids is 8. The maximum absolute atomic E-state index is 15.1. The summed E-state index contributed by atoms with van der Waals surface area (Å²) in [4.78, 5) is 120. The van der Waals surface area contributed by atoms with Crippen molar-refractivity contribution in [2.45, 2.75) is 247 Å². The number of likely N-dealkylation sites (tertiary alicyclic amines) is 2. The van der Waals surface area contributed by atoms with Gasteiger partial charge in [0, 0.05) is 66.3 Å². The number of carboxylic acids is 1. The Kier molecular flexibility index (Phi) is 34.4. The summed E-state index contributed by atoms with van der Waals surface area (Å²) in [5.74, 6) is -10.2. The number of halogens is 8. The third kappa shape index (κ3) is 26.4. The first kappa shape index (κ1) is 97.2. The number of anilines is 4. The molecule has 664 valence electrons. The number of carbonyl (C=O) groups is 9. The zero-order valence-electron chi connectivity index (χ0n) is 71.7. The zero-order chi connectivity index (χ0) is 90.0. The monoisotopic (exact) mass is 1710 g/mol. The maximum atomic E-state index is 15.1. The van der Waals surface area contributed by atoms with Crippen LogP contribution in [0.5, 0.6) is 0 Å². The minimum Gasteiger partial charge on any atom is -0.481 e. The Hall–Kier alpha value is -10.3. The molecule has 2 saturated carbocycles. The minimum atomic E-state index is -4.87. The van der Waals surface area contributed by atoms with Gasteiger partial charge in [-0.05, 0) is 198 Å². The van der Waals surface area contributed by atoms with Crippen LogP contribution in [0, 0.1) is 72.8 Å². The highest BCUT2D eigenvalue weighted by Gasteiger charge is 2.45. The van der Waals surface area contributed by atoms with Crippen LogP contribution in [0.15, 0.2) is 121 Å². The second-order valence-corrected chi connectivity index (χ2v) is 34.7. The molecule has 4 fully saturated rings. The number of nitrogens with zero attached hydrogens (tertiary/aromatic N) is 2. The Morgan fingerprint density at radius 2 is 0.910 bits per heavy atom. The number of hydrogen-bond acceptors (Lipinski definition) is 15. The SMILES string of the molecule is CC(C)[C@H](CC(=O)[C@@H](NC(=O)OC(C)(C)C)C(C)C)C(=O)O.Cc1cccc(F)c1C(=O)N1CCC[C@H](C(=O)Nc2ccc(CO)c(C(F)(F)F)c2)[C@@H]1c1ccc(NC2CCCC2)cc1.Cc1cccc(F)c1C(=O)N1CCC[C@H](C(=O)Nc2ccc(COC(=O)[C@@H](CC(=O)[C@@H](N)C(C)C)C(C)C)c(C(F)(F)F)c2)[C@@H]1c1ccc(NC2CCCC2)cc1. The largest absolute Gasteiger partial charge is 0.481 e. The van der Waals surface area contributed by atoms with Crippen LogP contribution >= 0.6 is 0 Å². The zero-order valence-corrected chi connectivity index (χ0v) is 71.7. The van der Waals surface area contributed by atoms with Gasteiger partial charge in [0.25, 0.3) is 11.8 Å². The lowest BCUT2D eigenvalue weighted by Gasteiger charge is -2.41. The number of amides is 5. The quantitative estimate of drug-likeness (QED) is 0.0167. The number of nitrogens with one attached hydrogen (secondary N) is 5. The number of esters is 1. The molecule has 122 heavy (non-hydrogen) atoms. The molecule has 0 spiro atoms. The molecule has 2 saturated heterocycles. The Balaban J connectivity index is 0.000000250. The number of ketones is 2. The lowest BCUT2D eigenvalue weighted by atomic mass is 9.83. The fourth-order valence-electron chi connectivity index (χ4n) is 16.2. The fourth-order valence-corrected chi connectivity index (χ4v) is 16.2. The normalized spacial score (nSPS) is 18.2. The first-order valence-corrected chi connectivity index (χ1v) is 42.1. The molecule has 0 aromatic heterocycles. The van der Waals surface area contributed by atoms with Gasteiger partial charge in [0.05, 0.1) is 76.7 Å². The van der Waals surface area contributed by atoms with E-state index in [2.05, 4.69) is 26.6 Å². The van der Waals surface area contributed by atoms with Crippen LogP contribution in [0.4, 0.5) is 62.7 Å². The number of aliphatic carboxylic acids is 1. The Morgan fingerprint density at radius 3 is 1.28 bits per heavy atom. The summed E-state index contributed by atoms with van der Waals surface area (Å²) in [6.45, 7) is 21.6. The third-order valence-corrected chi connectivity index (χ3v) is 23.0. The van der Waals surface area contributed by atoms with E-state index < -0.39 is 143 Å². The van der Waals surface area contributed by atoms with E-state index in [0.29, 0.717) is 60.0 Å². The molecule has 4 aliphatic rings. The number of aryl methyl sites for hydroxylation is 2. The van der Waals surface area contributed by atoms with Crippen LogP contribution in [-0.4, -0.2) is 116 Å². The second-order valence-electron chi connectivity index (χ2n) is 34.7. The van der Waals surface area contributed by atoms with E-state index in [0.717, 1.165) is 74.2 Å². The van der Waals surface area contributed by atoms with E-state index in [1.165, 1.54) is 59.0 Å². The van der Waals surface area contributed by atoms with E-state index in [-0.39, 0.29) is 94.8 Å². The van der Waals surface area contributed by atoms with E-state index in [1.807, 2.05) is 48.5 Å². The van der Waals surface area contributed by atoms with E-state index >= 15 is 4.39 Å². The number of alkyl carbamates (subject to hydrolysis) is 1. The first-order valence-electron chi connectivity index (χ1n) is 42.1. The number of hydrogen-bond donors (Lipinski definition) is 8. The Labute approximate surface area is 709 Å². The summed E-state index contributed by atoms with van der Waals surface area (Å²) in [5, 5.41) is 33.4. The van der Waals surface area contributed by atoms with Crippen molar-refractivity contribution in [3.05, 3.63) is 189 Å². The molecule has 8 atom stereocenters. The number of carboxylic acid groups (broad SMARTS) is 1. The molecule has 29 heteroatoms. The van der Waals surface area contributed by atoms with Crippen LogP contribution in [0.3, 0.4) is 0 Å². The van der Waals surface area contributed by atoms with Gasteiger partial charge in [-0.15, -0.1) is 0 Å². The van der Waals surface area contributed by atoms with Crippen LogP contribution in [0.25, 0.3) is 0 Å². The lowest BCUT2D eigenvalue weighted by Crippen LogP contribution is -2.47. The van der Waals surface area contributed by atoms with Crippen LogP contribution in [-0.2, 0) is 63.8 Å². The van der Waals surface area contributed by atoms with Gasteiger partial charge in [-0.1, -0.05) is 142 Å². The van der Waals surface area contributed by atoms with Gasteiger partial charge in [-0.25, -0.2) is 13.6 Å². The summed E-state index contributed by atoms with van der Waals surface area (Å²) < 4.78 is 125. The van der Waals surface area contributed by atoms with Crippen molar-refractivity contribution in [3.63, 3.8) is 0 Å². The number of ether oxygens (including phenoxy) is 2. The van der Waals surface area contributed by atoms with Gasteiger partial charge in [0.1, 0.15) is 23.8 Å². The molecular weight excluding hydrogens is 1590 g/mol. The molecule has 10 rings (SSSR count). The highest BCUT2D eigenvalue weighted by Crippen LogP contribution is 2.44. The summed E-state index contributed by atoms with van der Waals surface area (Å²) in [5.41, 5.74) is 6.18. The van der Waals surface area contributed by atoms with Crippen molar-refractivity contribution in [3.8, 4) is 0 Å². The van der Waals surface area contributed by atoms with Crippen molar-refractivity contribution in [2.24, 2.45) is 53.1 Å². The predicted octanol–water partition coefficient (Wildman–Crippen LogP) is 19.1. The second kappa shape index (κ2) is 43.2. The molecule has 0 unspecified atom stereocenters. The predicted molar refractivity (Wildman–Crippen MR) is 450 cm³/mol. The first-order chi connectivity index (χ1) is 57.4. The standard InChI is InChI=1S/C44H54F4N4O5.C33H35F4N3O3.C16H29NO5/c1-25(2)34(23-37(53)39(49)26(3)4)43(56)57-24-29-17-20-32(22-35(29)44(46,47)48)51-41(54)33-13-9-21-52(42(55)38-27(5)10-8-14-36(38)45)40(33)28-15-18-31(19-16-28)50-30-11-6-7-12-30;1-20-6-4-10-28(34)29(20)32(43)40-17-5-9-26(30(40)21-11-14-24(15-12-21)38-23-7-2-3-8-23)31(42)39-25-16-13-22(19-41)27(18-25)33(35,36)37;1-9(2)11(14(19)20)8-12(18)13(10(3)4)17-15(21)22-16(5,6)7/h8,10,14-20,22,25-26,30,33-34,39-40,50H,6-7,9,11-13,21,23-24,49H2,1-5H3,(H,51,54);4,6,10-16,18,23,26,30,38,41H,2-3,5,7-9,17,19H2,1H3,(H,39,42);9-11,13H,8H2,1-7H3,(H,17,21)(H,19,20)/t33-,34-,39-,40-;26-,30-;11-,13-/m000/s1.